The second kappa shape index (κ2) is 8.80. The molecule has 0 aromatic heterocycles. The first-order valence-corrected chi connectivity index (χ1v) is 6.12. The van der Waals surface area contributed by atoms with Gasteiger partial charge in [0.25, 0.3) is 0 Å². The zero-order chi connectivity index (χ0) is 13.4. The molecule has 0 fully saturated rings. The molecule has 0 bridgehead atoms. The van der Waals surface area contributed by atoms with Gasteiger partial charge in [-0.15, -0.1) is 0 Å². The van der Waals surface area contributed by atoms with Crippen LogP contribution in [0.2, 0.25) is 0 Å². The Labute approximate surface area is 113 Å². The minimum absolute atomic E-state index is 1.16. The molecule has 0 unspecified atom stereocenters. The summed E-state index contributed by atoms with van der Waals surface area (Å²) < 4.78 is 1.46. The van der Waals surface area contributed by atoms with Crippen molar-refractivity contribution >= 4 is 29.3 Å². The predicted molar refractivity (Wildman–Crippen MR) is 72.4 cm³/mol. The van der Waals surface area contributed by atoms with E-state index in [1.54, 1.807) is 11.1 Å². The fourth-order valence-electron chi connectivity index (χ4n) is 2.12. The van der Waals surface area contributed by atoms with E-state index in [4.69, 9.17) is 15.1 Å². The molecule has 0 heterocycles. The summed E-state index contributed by atoms with van der Waals surface area (Å²) >= 11 is 2.22. The average molecular weight is 230 g/mol. The van der Waals surface area contributed by atoms with Crippen molar-refractivity contribution in [3.8, 4) is 0 Å². The Balaban J connectivity index is 0.000000557. The molecule has 5 heteroatoms. The molecular formula is C12H20BLiO3. The number of aryl methyl sites for hydroxylation is 1. The van der Waals surface area contributed by atoms with Crippen molar-refractivity contribution in [3.63, 3.8) is 0 Å². The van der Waals surface area contributed by atoms with Gasteiger partial charge >= 0.3 is 98.1 Å². The van der Waals surface area contributed by atoms with E-state index in [0.717, 1.165) is 6.42 Å². The van der Waals surface area contributed by atoms with Crippen molar-refractivity contribution in [2.24, 2.45) is 0 Å². The van der Waals surface area contributed by atoms with Crippen LogP contribution in [-0.2, 0) is 19.3 Å². The van der Waals surface area contributed by atoms with Gasteiger partial charge in [-0.1, -0.05) is 0 Å². The Bertz CT molecular complexity index is 340. The summed E-state index contributed by atoms with van der Waals surface area (Å²) in [7, 11) is -2.17. The summed E-state index contributed by atoms with van der Waals surface area (Å²) in [6.45, 7) is 6.75. The van der Waals surface area contributed by atoms with Crippen LogP contribution in [0.3, 0.4) is 0 Å². The van der Waals surface area contributed by atoms with Crippen LogP contribution >= 0.6 is 0 Å². The number of hydrogen-bond acceptors (Lipinski definition) is 3. The number of benzene rings is 1. The normalized spacial score (nSPS) is 9.65. The summed E-state index contributed by atoms with van der Waals surface area (Å²) in [5, 5.41) is 21.5. The third kappa shape index (κ3) is 5.76. The van der Waals surface area contributed by atoms with Crippen molar-refractivity contribution in [2.75, 3.05) is 0 Å². The average Bonchev–Trinajstić information content (AvgIpc) is 2.27. The Morgan fingerprint density at radius 2 is 1.41 bits per heavy atom. The van der Waals surface area contributed by atoms with E-state index in [9.17, 15) is 0 Å². The Kier molecular flexibility index (Phi) is 8.67. The van der Waals surface area contributed by atoms with Crippen LogP contribution in [0.25, 0.3) is 0 Å². The molecule has 0 saturated carbocycles. The van der Waals surface area contributed by atoms with Gasteiger partial charge in [-0.3, -0.25) is 0 Å². The molecule has 0 saturated heterocycles. The first-order chi connectivity index (χ1) is 7.97. The number of hydrogen-bond donors (Lipinski definition) is 3. The summed E-state index contributed by atoms with van der Waals surface area (Å²) in [5.41, 5.74) is 4.69. The molecule has 0 aliphatic rings. The van der Waals surface area contributed by atoms with Crippen LogP contribution < -0.4 is 4.24 Å². The zero-order valence-electron chi connectivity index (χ0n) is 11.2. The quantitative estimate of drug-likeness (QED) is 0.646. The van der Waals surface area contributed by atoms with E-state index in [-0.39, 0.29) is 0 Å². The summed E-state index contributed by atoms with van der Waals surface area (Å²) in [6, 6.07) is 4.55. The van der Waals surface area contributed by atoms with Crippen LogP contribution in [0, 0.1) is 0 Å². The number of rotatable bonds is 3. The van der Waals surface area contributed by atoms with Crippen molar-refractivity contribution in [2.45, 2.75) is 40.0 Å². The fraction of sp³-hybridized carbons (Fsp3) is 0.500. The predicted octanol–water partition coefficient (Wildman–Crippen LogP) is 0.116. The van der Waals surface area contributed by atoms with Crippen molar-refractivity contribution < 1.29 is 15.1 Å². The third-order valence-corrected chi connectivity index (χ3v) is 2.85. The summed E-state index contributed by atoms with van der Waals surface area (Å²) in [5.74, 6) is 0. The molecule has 1 aromatic carbocycles. The van der Waals surface area contributed by atoms with E-state index in [2.05, 4.69) is 50.6 Å². The topological polar surface area (TPSA) is 60.7 Å². The van der Waals surface area contributed by atoms with Gasteiger partial charge in [-0.25, -0.2) is 0 Å². The maximum absolute atomic E-state index is 7.17. The monoisotopic (exact) mass is 230 g/mol. The molecule has 0 amide bonds. The molecule has 0 aliphatic heterocycles. The second-order valence-corrected chi connectivity index (χ2v) is 3.91. The molecule has 17 heavy (non-hydrogen) atoms. The Hall–Kier alpha value is -0.238. The van der Waals surface area contributed by atoms with E-state index < -0.39 is 7.32 Å². The Morgan fingerprint density at radius 1 is 0.941 bits per heavy atom. The van der Waals surface area contributed by atoms with Crippen LogP contribution in [0.4, 0.5) is 0 Å². The van der Waals surface area contributed by atoms with Gasteiger partial charge in [0.2, 0.25) is 0 Å². The third-order valence-electron chi connectivity index (χ3n) is 2.85. The van der Waals surface area contributed by atoms with Crippen LogP contribution in [0.5, 0.6) is 0 Å². The molecule has 1 aromatic rings. The molecule has 90 valence electrons. The standard InChI is InChI=1S/C12H17.BH3O3.Li/c1-4-10-8-7-9-11(5-2)12(10)6-3;2-1(3)4;/h7-8H,4-6H2,1-3H3;2-4H;. The van der Waals surface area contributed by atoms with Gasteiger partial charge < -0.3 is 15.1 Å². The first-order valence-electron chi connectivity index (χ1n) is 6.12. The van der Waals surface area contributed by atoms with Gasteiger partial charge in [0, 0.05) is 0 Å². The van der Waals surface area contributed by atoms with Crippen LogP contribution in [-0.4, -0.2) is 40.1 Å². The van der Waals surface area contributed by atoms with Crippen molar-refractivity contribution in [1.82, 2.24) is 0 Å². The summed E-state index contributed by atoms with van der Waals surface area (Å²) in [6.07, 6.45) is 3.51. The van der Waals surface area contributed by atoms with Crippen molar-refractivity contribution in [3.05, 3.63) is 28.8 Å². The Morgan fingerprint density at radius 3 is 1.76 bits per heavy atom. The van der Waals surface area contributed by atoms with Crippen LogP contribution in [0.15, 0.2) is 12.1 Å². The van der Waals surface area contributed by atoms with E-state index in [1.165, 1.54) is 22.6 Å². The van der Waals surface area contributed by atoms with Gasteiger partial charge in [-0.2, -0.15) is 0 Å². The SMILES string of the molecule is OB(O)O.[Li][c]1ccc(CC)c(CC)c1CC. The van der Waals surface area contributed by atoms with E-state index >= 15 is 0 Å². The molecule has 3 N–H and O–H groups in total. The van der Waals surface area contributed by atoms with E-state index in [0.29, 0.717) is 0 Å². The molecule has 0 aliphatic carbocycles. The first kappa shape index (κ1) is 16.8. The second-order valence-electron chi connectivity index (χ2n) is 3.91. The molecule has 0 radical (unpaired) electrons. The van der Waals surface area contributed by atoms with Gasteiger partial charge in [0.05, 0.1) is 0 Å². The minimum atomic E-state index is -2.17. The zero-order valence-corrected chi connectivity index (χ0v) is 11.2. The molecule has 1 rings (SSSR count). The summed E-state index contributed by atoms with van der Waals surface area (Å²) in [4.78, 5) is 0. The molecule has 0 atom stereocenters. The molecular weight excluding hydrogens is 210 g/mol. The van der Waals surface area contributed by atoms with Gasteiger partial charge in [-0.05, 0) is 0 Å². The van der Waals surface area contributed by atoms with Crippen molar-refractivity contribution in [1.29, 1.82) is 0 Å². The van der Waals surface area contributed by atoms with E-state index in [1.807, 2.05) is 0 Å². The maximum atomic E-state index is 7.17. The molecule has 3 nitrogen and oxygen atoms in total. The van der Waals surface area contributed by atoms with Gasteiger partial charge in [0.15, 0.2) is 0 Å². The van der Waals surface area contributed by atoms with Gasteiger partial charge in [0.1, 0.15) is 0 Å². The van der Waals surface area contributed by atoms with Crippen LogP contribution in [0.1, 0.15) is 37.5 Å². The molecule has 0 spiro atoms. The fourth-order valence-corrected chi connectivity index (χ4v) is 2.12.